The molecule has 0 aliphatic heterocycles. The topological polar surface area (TPSA) is 59.1 Å². The molecule has 0 aliphatic carbocycles. The molecule has 4 nitrogen and oxygen atoms in total. The Morgan fingerprint density at radius 3 is 2.62 bits per heavy atom. The predicted octanol–water partition coefficient (Wildman–Crippen LogP) is 2.00. The first-order valence-electron chi connectivity index (χ1n) is 4.85. The highest BCUT2D eigenvalue weighted by atomic mass is 79.9. The van der Waals surface area contributed by atoms with Crippen LogP contribution in [-0.2, 0) is 9.84 Å². The molecule has 0 saturated carbocycles. The smallest absolute Gasteiger partial charge is 0.149 e. The number of aromatic nitrogens is 1. The van der Waals surface area contributed by atoms with Crippen molar-refractivity contribution in [1.29, 1.82) is 0 Å². The van der Waals surface area contributed by atoms with E-state index in [4.69, 9.17) is 0 Å². The molecule has 1 unspecified atom stereocenters. The minimum Gasteiger partial charge on any atom is -0.367 e. The van der Waals surface area contributed by atoms with E-state index in [1.54, 1.807) is 0 Å². The predicted molar refractivity (Wildman–Crippen MR) is 69.5 cm³/mol. The van der Waals surface area contributed by atoms with Crippen LogP contribution in [0.1, 0.15) is 12.6 Å². The van der Waals surface area contributed by atoms with Crippen molar-refractivity contribution < 1.29 is 8.42 Å². The van der Waals surface area contributed by atoms with Gasteiger partial charge in [-0.05, 0) is 41.9 Å². The van der Waals surface area contributed by atoms with E-state index in [1.807, 2.05) is 26.0 Å². The Bertz CT molecular complexity index is 474. The summed E-state index contributed by atoms with van der Waals surface area (Å²) in [5, 5.41) is 3.06. The van der Waals surface area contributed by atoms with E-state index in [1.165, 1.54) is 6.26 Å². The van der Waals surface area contributed by atoms with Gasteiger partial charge in [0.2, 0.25) is 0 Å². The Kier molecular flexibility index (Phi) is 4.32. The normalized spacial score (nSPS) is 13.5. The summed E-state index contributed by atoms with van der Waals surface area (Å²) in [7, 11) is -2.96. The summed E-state index contributed by atoms with van der Waals surface area (Å²) in [4.78, 5) is 4.29. The second-order valence-electron chi connectivity index (χ2n) is 3.90. The molecule has 0 aliphatic rings. The number of nitrogens with zero attached hydrogens (tertiary/aromatic N) is 1. The van der Waals surface area contributed by atoms with E-state index in [0.29, 0.717) is 5.82 Å². The molecule has 1 rings (SSSR count). The molecule has 1 atom stereocenters. The lowest BCUT2D eigenvalue weighted by molar-refractivity contribution is 0.598. The van der Waals surface area contributed by atoms with Gasteiger partial charge in [-0.2, -0.15) is 0 Å². The Morgan fingerprint density at radius 2 is 2.12 bits per heavy atom. The highest BCUT2D eigenvalue weighted by molar-refractivity contribution is 9.10. The number of halogens is 1. The van der Waals surface area contributed by atoms with Crippen molar-refractivity contribution in [3.8, 4) is 0 Å². The first kappa shape index (κ1) is 13.4. The second-order valence-corrected chi connectivity index (χ2v) is 6.94. The first-order chi connectivity index (χ1) is 7.28. The van der Waals surface area contributed by atoms with Gasteiger partial charge in [-0.1, -0.05) is 0 Å². The van der Waals surface area contributed by atoms with E-state index in [2.05, 4.69) is 26.2 Å². The molecule has 0 fully saturated rings. The molecule has 0 saturated heterocycles. The van der Waals surface area contributed by atoms with Crippen LogP contribution in [-0.4, -0.2) is 31.5 Å². The number of hydrogen-bond donors (Lipinski definition) is 1. The van der Waals surface area contributed by atoms with Crippen molar-refractivity contribution in [1.82, 2.24) is 4.98 Å². The third-order valence-electron chi connectivity index (χ3n) is 1.97. The fourth-order valence-electron chi connectivity index (χ4n) is 1.37. The van der Waals surface area contributed by atoms with Gasteiger partial charge >= 0.3 is 0 Å². The summed E-state index contributed by atoms with van der Waals surface area (Å²) in [6.45, 7) is 3.70. The van der Waals surface area contributed by atoms with Gasteiger partial charge in [0.15, 0.2) is 0 Å². The second kappa shape index (κ2) is 5.14. The van der Waals surface area contributed by atoms with Crippen molar-refractivity contribution in [3.05, 3.63) is 22.3 Å². The zero-order valence-corrected chi connectivity index (χ0v) is 11.9. The number of hydrogen-bond acceptors (Lipinski definition) is 4. The summed E-state index contributed by atoms with van der Waals surface area (Å²) in [6, 6.07) is 3.55. The highest BCUT2D eigenvalue weighted by Gasteiger charge is 2.10. The van der Waals surface area contributed by atoms with Gasteiger partial charge in [-0.25, -0.2) is 13.4 Å². The minimum absolute atomic E-state index is 0.101. The largest absolute Gasteiger partial charge is 0.367 e. The van der Waals surface area contributed by atoms with Gasteiger partial charge in [-0.15, -0.1) is 0 Å². The van der Waals surface area contributed by atoms with Gasteiger partial charge in [0, 0.05) is 16.8 Å². The van der Waals surface area contributed by atoms with Crippen LogP contribution in [0.4, 0.5) is 5.82 Å². The molecule has 16 heavy (non-hydrogen) atoms. The number of aryl methyl sites for hydroxylation is 1. The zero-order chi connectivity index (χ0) is 12.3. The van der Waals surface area contributed by atoms with Gasteiger partial charge in [-0.3, -0.25) is 0 Å². The van der Waals surface area contributed by atoms with Crippen molar-refractivity contribution in [3.63, 3.8) is 0 Å². The molecular formula is C10H15BrN2O2S. The Balaban J connectivity index is 2.70. The zero-order valence-electron chi connectivity index (χ0n) is 9.49. The maximum absolute atomic E-state index is 11.1. The lowest BCUT2D eigenvalue weighted by Gasteiger charge is -2.13. The van der Waals surface area contributed by atoms with Crippen molar-refractivity contribution in [2.45, 2.75) is 19.9 Å². The molecule has 0 amide bonds. The summed E-state index contributed by atoms with van der Waals surface area (Å²) < 4.78 is 23.1. The molecule has 0 bridgehead atoms. The molecule has 1 N–H and O–H groups in total. The Hall–Kier alpha value is -0.620. The van der Waals surface area contributed by atoms with E-state index >= 15 is 0 Å². The van der Waals surface area contributed by atoms with E-state index in [9.17, 15) is 8.42 Å². The summed E-state index contributed by atoms with van der Waals surface area (Å²) >= 11 is 3.36. The maximum Gasteiger partial charge on any atom is 0.149 e. The van der Waals surface area contributed by atoms with Crippen LogP contribution in [0.25, 0.3) is 0 Å². The Morgan fingerprint density at radius 1 is 1.50 bits per heavy atom. The van der Waals surface area contributed by atoms with Crippen LogP contribution in [0.2, 0.25) is 0 Å². The van der Waals surface area contributed by atoms with Gasteiger partial charge in [0.05, 0.1) is 11.4 Å². The quantitative estimate of drug-likeness (QED) is 0.924. The molecule has 1 aromatic rings. The van der Waals surface area contributed by atoms with Crippen LogP contribution in [0, 0.1) is 6.92 Å². The Labute approximate surface area is 105 Å². The van der Waals surface area contributed by atoms with Crippen molar-refractivity contribution >= 4 is 31.6 Å². The number of sulfone groups is 1. The third-order valence-corrected chi connectivity index (χ3v) is 3.91. The molecule has 6 heteroatoms. The van der Waals surface area contributed by atoms with Crippen LogP contribution in [0.15, 0.2) is 16.6 Å². The van der Waals surface area contributed by atoms with Crippen molar-refractivity contribution in [2.24, 2.45) is 0 Å². The molecule has 0 spiro atoms. The molecule has 1 heterocycles. The summed E-state index contributed by atoms with van der Waals surface area (Å²) in [6.07, 6.45) is 1.23. The van der Waals surface area contributed by atoms with Crippen LogP contribution in [0.3, 0.4) is 0 Å². The lowest BCUT2D eigenvalue weighted by atomic mass is 10.3. The lowest BCUT2D eigenvalue weighted by Crippen LogP contribution is -2.25. The third kappa shape index (κ3) is 4.49. The van der Waals surface area contributed by atoms with Crippen LogP contribution in [0.5, 0.6) is 0 Å². The fourth-order valence-corrected chi connectivity index (χ4v) is 2.59. The monoisotopic (exact) mass is 306 g/mol. The van der Waals surface area contributed by atoms with Crippen molar-refractivity contribution in [2.75, 3.05) is 17.3 Å². The molecule has 0 radical (unpaired) electrons. The van der Waals surface area contributed by atoms with E-state index in [-0.39, 0.29) is 11.8 Å². The molecule has 0 aromatic carbocycles. The summed E-state index contributed by atoms with van der Waals surface area (Å²) in [5.41, 5.74) is 0.872. The average Bonchev–Trinajstić information content (AvgIpc) is 2.08. The summed E-state index contributed by atoms with van der Waals surface area (Å²) in [5.74, 6) is 0.793. The van der Waals surface area contributed by atoms with E-state index < -0.39 is 9.84 Å². The molecule has 90 valence electrons. The molecule has 1 aromatic heterocycles. The maximum atomic E-state index is 11.1. The molecular weight excluding hydrogens is 292 g/mol. The minimum atomic E-state index is -2.96. The standard InChI is InChI=1S/C10H15BrN2O2S/c1-7(6-16(3,14)15)12-10-5-4-9(11)8(2)13-10/h4-5,7H,6H2,1-3H3,(H,12,13). The number of nitrogens with one attached hydrogen (secondary N) is 1. The van der Waals surface area contributed by atoms with Gasteiger partial charge < -0.3 is 5.32 Å². The number of pyridine rings is 1. The number of rotatable bonds is 4. The van der Waals surface area contributed by atoms with Gasteiger partial charge in [0.1, 0.15) is 15.7 Å². The SMILES string of the molecule is Cc1nc(NC(C)CS(C)(=O)=O)ccc1Br. The van der Waals surface area contributed by atoms with Gasteiger partial charge in [0.25, 0.3) is 0 Å². The van der Waals surface area contributed by atoms with Crippen LogP contribution < -0.4 is 5.32 Å². The van der Waals surface area contributed by atoms with Crippen LogP contribution >= 0.6 is 15.9 Å². The highest BCUT2D eigenvalue weighted by Crippen LogP contribution is 2.16. The average molecular weight is 307 g/mol. The van der Waals surface area contributed by atoms with E-state index in [0.717, 1.165) is 10.2 Å². The fraction of sp³-hybridized carbons (Fsp3) is 0.500. The number of anilines is 1. The first-order valence-corrected chi connectivity index (χ1v) is 7.70.